The number of rotatable bonds is 5. The van der Waals surface area contributed by atoms with Crippen molar-refractivity contribution in [2.24, 2.45) is 17.8 Å². The summed E-state index contributed by atoms with van der Waals surface area (Å²) in [4.78, 5) is 36.3. The van der Waals surface area contributed by atoms with E-state index in [1.54, 1.807) is 19.2 Å². The number of carbonyl (C=O) groups is 2. The SMILES string of the molecule is Cc1csc(=O)n1CC(=O)O[C@H](C)C(=O)NC12CC3CC(CC(C3)C1)C2. The summed E-state index contributed by atoms with van der Waals surface area (Å²) in [6.45, 7) is 3.23. The van der Waals surface area contributed by atoms with E-state index in [-0.39, 0.29) is 22.9 Å². The van der Waals surface area contributed by atoms with Gasteiger partial charge in [-0.05, 0) is 70.1 Å². The first kappa shape index (κ1) is 17.8. The number of hydrogen-bond acceptors (Lipinski definition) is 5. The molecule has 1 amide bonds. The summed E-state index contributed by atoms with van der Waals surface area (Å²) in [5, 5.41) is 4.94. The lowest BCUT2D eigenvalue weighted by Gasteiger charge is -2.57. The first-order valence-electron chi connectivity index (χ1n) is 9.50. The van der Waals surface area contributed by atoms with Gasteiger partial charge in [0.15, 0.2) is 6.10 Å². The van der Waals surface area contributed by atoms with Crippen molar-refractivity contribution in [2.45, 2.75) is 70.6 Å². The van der Waals surface area contributed by atoms with Crippen molar-refractivity contribution in [3.63, 3.8) is 0 Å². The molecule has 1 N–H and O–H groups in total. The monoisotopic (exact) mass is 378 g/mol. The predicted octanol–water partition coefficient (Wildman–Crippen LogP) is 2.23. The van der Waals surface area contributed by atoms with Gasteiger partial charge in [-0.2, -0.15) is 0 Å². The Hall–Kier alpha value is -1.63. The minimum Gasteiger partial charge on any atom is -0.451 e. The topological polar surface area (TPSA) is 77.4 Å². The van der Waals surface area contributed by atoms with Gasteiger partial charge >= 0.3 is 10.8 Å². The maximum atomic E-state index is 12.6. The highest BCUT2D eigenvalue weighted by atomic mass is 32.1. The molecule has 0 aromatic carbocycles. The number of nitrogens with one attached hydrogen (secondary N) is 1. The molecule has 0 saturated heterocycles. The maximum Gasteiger partial charge on any atom is 0.326 e. The lowest BCUT2D eigenvalue weighted by Crippen LogP contribution is -2.61. The van der Waals surface area contributed by atoms with Crippen LogP contribution in [0.3, 0.4) is 0 Å². The molecule has 4 aliphatic carbocycles. The first-order chi connectivity index (χ1) is 12.3. The van der Waals surface area contributed by atoms with Gasteiger partial charge in [0.05, 0.1) is 0 Å². The molecule has 6 nitrogen and oxygen atoms in total. The summed E-state index contributed by atoms with van der Waals surface area (Å²) in [6, 6.07) is 0. The Balaban J connectivity index is 1.35. The lowest BCUT2D eigenvalue weighted by molar-refractivity contribution is -0.157. The Morgan fingerprint density at radius 1 is 1.27 bits per heavy atom. The van der Waals surface area contributed by atoms with Crippen LogP contribution in [-0.2, 0) is 20.9 Å². The van der Waals surface area contributed by atoms with Crippen molar-refractivity contribution in [1.29, 1.82) is 0 Å². The maximum absolute atomic E-state index is 12.6. The third-order valence-electron chi connectivity index (χ3n) is 6.37. The number of nitrogens with zero attached hydrogens (tertiary/aromatic N) is 1. The van der Waals surface area contributed by atoms with Gasteiger partial charge in [-0.3, -0.25) is 19.0 Å². The lowest BCUT2D eigenvalue weighted by atomic mass is 9.53. The molecule has 4 bridgehead atoms. The molecule has 1 aromatic rings. The summed E-state index contributed by atoms with van der Waals surface area (Å²) < 4.78 is 6.68. The van der Waals surface area contributed by atoms with Crippen LogP contribution in [0.4, 0.5) is 0 Å². The van der Waals surface area contributed by atoms with Crippen molar-refractivity contribution in [3.05, 3.63) is 20.7 Å². The van der Waals surface area contributed by atoms with Gasteiger partial charge in [0.1, 0.15) is 6.54 Å². The van der Waals surface area contributed by atoms with Gasteiger partial charge in [0.25, 0.3) is 5.91 Å². The van der Waals surface area contributed by atoms with Gasteiger partial charge in [0, 0.05) is 16.6 Å². The fraction of sp³-hybridized carbons (Fsp3) is 0.737. The number of aromatic nitrogens is 1. The Bertz CT molecular complexity index is 745. The largest absolute Gasteiger partial charge is 0.451 e. The van der Waals surface area contributed by atoms with E-state index < -0.39 is 12.1 Å². The van der Waals surface area contributed by atoms with Crippen molar-refractivity contribution in [2.75, 3.05) is 0 Å². The second kappa shape index (κ2) is 6.51. The molecule has 1 heterocycles. The molecule has 0 unspecified atom stereocenters. The van der Waals surface area contributed by atoms with E-state index in [4.69, 9.17) is 4.74 Å². The van der Waals surface area contributed by atoms with Crippen LogP contribution in [0.1, 0.15) is 51.1 Å². The molecule has 0 radical (unpaired) electrons. The molecule has 0 aliphatic heterocycles. The van der Waals surface area contributed by atoms with Crippen molar-refractivity contribution in [3.8, 4) is 0 Å². The van der Waals surface area contributed by atoms with Gasteiger partial charge in [-0.15, -0.1) is 0 Å². The van der Waals surface area contributed by atoms with E-state index in [1.807, 2.05) is 0 Å². The third kappa shape index (κ3) is 3.33. The summed E-state index contributed by atoms with van der Waals surface area (Å²) in [5.41, 5.74) is 0.635. The number of thiazole rings is 1. The summed E-state index contributed by atoms with van der Waals surface area (Å²) >= 11 is 1.06. The fourth-order valence-corrected chi connectivity index (χ4v) is 6.37. The highest BCUT2D eigenvalue weighted by Crippen LogP contribution is 2.55. The molecule has 4 aliphatic rings. The zero-order valence-corrected chi connectivity index (χ0v) is 16.1. The molecule has 5 rings (SSSR count). The second-order valence-corrected chi connectivity index (χ2v) is 9.37. The Kier molecular flexibility index (Phi) is 4.45. The molecule has 4 saturated carbocycles. The molecule has 7 heteroatoms. The number of amides is 1. The quantitative estimate of drug-likeness (QED) is 0.797. The van der Waals surface area contributed by atoms with Gasteiger partial charge in [-0.25, -0.2) is 0 Å². The van der Waals surface area contributed by atoms with Crippen molar-refractivity contribution < 1.29 is 14.3 Å². The van der Waals surface area contributed by atoms with Crippen LogP contribution in [0.5, 0.6) is 0 Å². The minimum atomic E-state index is -0.842. The molecular weight excluding hydrogens is 352 g/mol. The number of ether oxygens (including phenoxy) is 1. The number of carbonyl (C=O) groups excluding carboxylic acids is 2. The van der Waals surface area contributed by atoms with E-state index in [9.17, 15) is 14.4 Å². The standard InChI is InChI=1S/C19H26N2O4S/c1-11-10-26-18(24)21(11)9-16(22)25-12(2)17(23)20-19-6-13-3-14(7-19)5-15(4-13)8-19/h10,12-15H,3-9H2,1-2H3,(H,20,23)/t12-,13?,14?,15?,19?/m1/s1. The van der Waals surface area contributed by atoms with Crippen molar-refractivity contribution in [1.82, 2.24) is 9.88 Å². The van der Waals surface area contributed by atoms with Gasteiger partial charge in [-0.1, -0.05) is 11.3 Å². The van der Waals surface area contributed by atoms with Crippen LogP contribution in [-0.4, -0.2) is 28.1 Å². The van der Waals surface area contributed by atoms with Crippen LogP contribution < -0.4 is 10.2 Å². The van der Waals surface area contributed by atoms with Gasteiger partial charge in [0.2, 0.25) is 0 Å². The number of hydrogen-bond donors (Lipinski definition) is 1. The van der Waals surface area contributed by atoms with Crippen LogP contribution >= 0.6 is 11.3 Å². The van der Waals surface area contributed by atoms with E-state index in [2.05, 4.69) is 5.32 Å². The van der Waals surface area contributed by atoms with Crippen LogP contribution in [0, 0.1) is 24.7 Å². The highest BCUT2D eigenvalue weighted by molar-refractivity contribution is 7.07. The Labute approximate surface area is 156 Å². The van der Waals surface area contributed by atoms with Gasteiger partial charge < -0.3 is 10.1 Å². The Morgan fingerprint density at radius 2 is 1.85 bits per heavy atom. The fourth-order valence-electron chi connectivity index (χ4n) is 5.64. The van der Waals surface area contributed by atoms with E-state index in [0.717, 1.165) is 54.0 Å². The zero-order valence-electron chi connectivity index (χ0n) is 15.3. The van der Waals surface area contributed by atoms with E-state index in [1.165, 1.54) is 23.8 Å². The normalized spacial score (nSPS) is 33.1. The average Bonchev–Trinajstić information content (AvgIpc) is 2.85. The smallest absolute Gasteiger partial charge is 0.326 e. The molecule has 0 spiro atoms. The van der Waals surface area contributed by atoms with Crippen molar-refractivity contribution >= 4 is 23.2 Å². The summed E-state index contributed by atoms with van der Waals surface area (Å²) in [6.07, 6.45) is 6.29. The van der Waals surface area contributed by atoms with Crippen LogP contribution in [0.2, 0.25) is 0 Å². The molecule has 4 fully saturated rings. The first-order valence-corrected chi connectivity index (χ1v) is 10.4. The third-order valence-corrected chi connectivity index (χ3v) is 7.25. The van der Waals surface area contributed by atoms with Crippen LogP contribution in [0.25, 0.3) is 0 Å². The van der Waals surface area contributed by atoms with Crippen LogP contribution in [0.15, 0.2) is 10.2 Å². The minimum absolute atomic E-state index is 0.0899. The molecule has 1 aromatic heterocycles. The Morgan fingerprint density at radius 3 is 2.35 bits per heavy atom. The molecule has 1 atom stereocenters. The molecule has 142 valence electrons. The molecular formula is C19H26N2O4S. The van der Waals surface area contributed by atoms with E-state index in [0.29, 0.717) is 0 Å². The number of aryl methyl sites for hydroxylation is 1. The number of esters is 1. The summed E-state index contributed by atoms with van der Waals surface area (Å²) in [7, 11) is 0. The summed E-state index contributed by atoms with van der Waals surface area (Å²) in [5.74, 6) is 1.46. The highest BCUT2D eigenvalue weighted by Gasteiger charge is 2.51. The predicted molar refractivity (Wildman–Crippen MR) is 97.9 cm³/mol. The van der Waals surface area contributed by atoms with E-state index >= 15 is 0 Å². The second-order valence-electron chi connectivity index (χ2n) is 8.55. The average molecular weight is 378 g/mol. The zero-order chi connectivity index (χ0) is 18.5. The molecule has 26 heavy (non-hydrogen) atoms.